The number of carboxylic acid groups (broad SMARTS) is 1. The summed E-state index contributed by atoms with van der Waals surface area (Å²) in [6, 6.07) is 9.76. The number of piperazine rings is 1. The molecule has 1 atom stereocenters. The van der Waals surface area contributed by atoms with Crippen molar-refractivity contribution in [3.63, 3.8) is 0 Å². The molecule has 220 valence electrons. The monoisotopic (exact) mass is 575 g/mol. The van der Waals surface area contributed by atoms with Crippen LogP contribution < -0.4 is 20.7 Å². The Morgan fingerprint density at radius 2 is 2.07 bits per heavy atom. The molecular weight excluding hydrogens is 541 g/mol. The molecule has 1 aliphatic rings. The molecule has 1 aliphatic heterocycles. The lowest BCUT2D eigenvalue weighted by Gasteiger charge is -2.31. The number of methoxy groups -OCH3 is 1. The maximum atomic E-state index is 14.3. The van der Waals surface area contributed by atoms with Gasteiger partial charge in [0.05, 0.1) is 25.5 Å². The van der Waals surface area contributed by atoms with E-state index in [1.54, 1.807) is 36.8 Å². The summed E-state index contributed by atoms with van der Waals surface area (Å²) in [5, 5.41) is 18.7. The minimum absolute atomic E-state index is 0.00277. The molecule has 0 amide bonds. The molecule has 2 aromatic carbocycles. The van der Waals surface area contributed by atoms with Gasteiger partial charge in [0.15, 0.2) is 28.8 Å². The second-order valence-corrected chi connectivity index (χ2v) is 10.2. The molecule has 0 aliphatic carbocycles. The summed E-state index contributed by atoms with van der Waals surface area (Å²) >= 11 is 0. The Bertz CT molecular complexity index is 1590. The SMILES string of the molecule is COc1ccc(-c2cnc3c(Nc4ccc(C(=O)CNCCCN5CCNC(C(=O)O)C5)c(C)c4)nccn23)cc1F. The number of ether oxygens (including phenoxy) is 1. The van der Waals surface area contributed by atoms with E-state index in [0.29, 0.717) is 47.9 Å². The molecule has 12 heteroatoms. The number of carbonyl (C=O) groups excluding carboxylic acids is 1. The van der Waals surface area contributed by atoms with Crippen molar-refractivity contribution >= 4 is 28.9 Å². The Morgan fingerprint density at radius 1 is 1.21 bits per heavy atom. The number of fused-ring (bicyclic) bond motifs is 1. The van der Waals surface area contributed by atoms with Crippen LogP contribution in [0.1, 0.15) is 22.3 Å². The van der Waals surface area contributed by atoms with Crippen molar-refractivity contribution in [1.29, 1.82) is 0 Å². The lowest BCUT2D eigenvalue weighted by Crippen LogP contribution is -2.54. The van der Waals surface area contributed by atoms with Crippen molar-refractivity contribution < 1.29 is 23.8 Å². The number of ketones is 1. The topological polar surface area (TPSA) is 133 Å². The number of imidazole rings is 1. The van der Waals surface area contributed by atoms with E-state index in [9.17, 15) is 19.1 Å². The summed E-state index contributed by atoms with van der Waals surface area (Å²) in [4.78, 5) is 35.1. The molecule has 5 rings (SSSR count). The second kappa shape index (κ2) is 13.1. The van der Waals surface area contributed by atoms with Crippen LogP contribution in [0.3, 0.4) is 0 Å². The van der Waals surface area contributed by atoms with Crippen LogP contribution in [0.4, 0.5) is 15.9 Å². The van der Waals surface area contributed by atoms with Crippen LogP contribution in [0.25, 0.3) is 16.9 Å². The van der Waals surface area contributed by atoms with Gasteiger partial charge in [-0.05, 0) is 68.4 Å². The number of nitrogens with zero attached hydrogens (tertiary/aromatic N) is 4. The highest BCUT2D eigenvalue weighted by atomic mass is 19.1. The zero-order valence-corrected chi connectivity index (χ0v) is 23.6. The van der Waals surface area contributed by atoms with Crippen LogP contribution in [-0.2, 0) is 4.79 Å². The summed E-state index contributed by atoms with van der Waals surface area (Å²) in [5.74, 6) is -0.586. The third-order valence-electron chi connectivity index (χ3n) is 7.34. The fraction of sp³-hybridized carbons (Fsp3) is 0.333. The fourth-order valence-corrected chi connectivity index (χ4v) is 5.14. The first-order chi connectivity index (χ1) is 20.3. The zero-order valence-electron chi connectivity index (χ0n) is 23.6. The number of aryl methyl sites for hydroxylation is 1. The van der Waals surface area contributed by atoms with Crippen LogP contribution in [0.15, 0.2) is 55.0 Å². The number of aromatic nitrogens is 3. The summed E-state index contributed by atoms with van der Waals surface area (Å²) in [6.45, 7) is 5.52. The number of carbonyl (C=O) groups is 2. The number of hydrogen-bond acceptors (Lipinski definition) is 9. The molecule has 1 saturated heterocycles. The average Bonchev–Trinajstić information content (AvgIpc) is 3.42. The average molecular weight is 576 g/mol. The molecular formula is C30H34FN7O4. The Labute approximate surface area is 242 Å². The number of Topliss-reactive ketones (excluding diaryl/α,β-unsaturated/α-hetero) is 1. The summed E-state index contributed by atoms with van der Waals surface area (Å²) in [7, 11) is 1.43. The zero-order chi connectivity index (χ0) is 29.6. The highest BCUT2D eigenvalue weighted by Gasteiger charge is 2.24. The molecule has 4 aromatic rings. The lowest BCUT2D eigenvalue weighted by atomic mass is 10.0. The lowest BCUT2D eigenvalue weighted by molar-refractivity contribution is -0.140. The smallest absolute Gasteiger partial charge is 0.322 e. The third kappa shape index (κ3) is 6.56. The number of halogens is 1. The standard InChI is InChI=1S/C30H34FN7O4/c1-19-14-21(5-6-22(19)26(39)17-32-8-3-11-37-12-9-33-24(18-37)30(40)41)36-28-29-35-16-25(38(29)13-10-34-28)20-4-7-27(42-2)23(31)15-20/h4-7,10,13-16,24,32-33H,3,8-9,11-12,17-18H2,1-2H3,(H,34,36)(H,40,41). The van der Waals surface area contributed by atoms with E-state index in [1.807, 2.05) is 23.5 Å². The molecule has 0 bridgehead atoms. The Morgan fingerprint density at radius 3 is 2.83 bits per heavy atom. The molecule has 11 nitrogen and oxygen atoms in total. The molecule has 42 heavy (non-hydrogen) atoms. The van der Waals surface area contributed by atoms with Crippen molar-refractivity contribution in [3.05, 3.63) is 71.9 Å². The highest BCUT2D eigenvalue weighted by molar-refractivity contribution is 5.99. The van der Waals surface area contributed by atoms with Gasteiger partial charge in [-0.3, -0.25) is 18.9 Å². The number of nitrogens with one attached hydrogen (secondary N) is 3. The van der Waals surface area contributed by atoms with E-state index in [0.717, 1.165) is 30.8 Å². The van der Waals surface area contributed by atoms with Crippen molar-refractivity contribution in [2.75, 3.05) is 51.7 Å². The largest absolute Gasteiger partial charge is 0.494 e. The minimum atomic E-state index is -0.827. The van der Waals surface area contributed by atoms with E-state index >= 15 is 0 Å². The minimum Gasteiger partial charge on any atom is -0.494 e. The fourth-order valence-electron chi connectivity index (χ4n) is 5.14. The van der Waals surface area contributed by atoms with E-state index in [2.05, 4.69) is 30.8 Å². The van der Waals surface area contributed by atoms with Gasteiger partial charge >= 0.3 is 5.97 Å². The molecule has 1 fully saturated rings. The van der Waals surface area contributed by atoms with Crippen molar-refractivity contribution in [3.8, 4) is 17.0 Å². The normalized spacial score (nSPS) is 15.5. The maximum absolute atomic E-state index is 14.3. The molecule has 0 radical (unpaired) electrons. The van der Waals surface area contributed by atoms with Crippen molar-refractivity contribution in [2.24, 2.45) is 0 Å². The molecule has 2 aromatic heterocycles. The quantitative estimate of drug-likeness (QED) is 0.148. The van der Waals surface area contributed by atoms with Gasteiger partial charge in [0.25, 0.3) is 0 Å². The van der Waals surface area contributed by atoms with Gasteiger partial charge in [0.2, 0.25) is 0 Å². The van der Waals surface area contributed by atoms with Crippen LogP contribution in [0.5, 0.6) is 5.75 Å². The Balaban J connectivity index is 1.17. The van der Waals surface area contributed by atoms with Crippen LogP contribution in [-0.4, -0.2) is 88.5 Å². The second-order valence-electron chi connectivity index (χ2n) is 10.2. The Hall–Kier alpha value is -4.39. The first kappa shape index (κ1) is 29.1. The third-order valence-corrected chi connectivity index (χ3v) is 7.34. The van der Waals surface area contributed by atoms with Gasteiger partial charge in [-0.15, -0.1) is 0 Å². The van der Waals surface area contributed by atoms with Crippen molar-refractivity contribution in [2.45, 2.75) is 19.4 Å². The number of aliphatic carboxylic acids is 1. The number of carboxylic acids is 1. The van der Waals surface area contributed by atoms with E-state index in [4.69, 9.17) is 4.74 Å². The van der Waals surface area contributed by atoms with E-state index in [-0.39, 0.29) is 18.1 Å². The van der Waals surface area contributed by atoms with Gasteiger partial charge in [-0.2, -0.15) is 0 Å². The number of anilines is 2. The highest BCUT2D eigenvalue weighted by Crippen LogP contribution is 2.28. The van der Waals surface area contributed by atoms with Crippen LogP contribution in [0.2, 0.25) is 0 Å². The van der Waals surface area contributed by atoms with Crippen molar-refractivity contribution in [1.82, 2.24) is 29.9 Å². The molecule has 1 unspecified atom stereocenters. The van der Waals surface area contributed by atoms with Crippen LogP contribution in [0, 0.1) is 12.7 Å². The summed E-state index contributed by atoms with van der Waals surface area (Å²) in [5.41, 5.74) is 4.16. The maximum Gasteiger partial charge on any atom is 0.322 e. The molecule has 4 N–H and O–H groups in total. The van der Waals surface area contributed by atoms with Gasteiger partial charge in [-0.25, -0.2) is 14.4 Å². The first-order valence-electron chi connectivity index (χ1n) is 13.8. The Kier molecular flexibility index (Phi) is 9.06. The summed E-state index contributed by atoms with van der Waals surface area (Å²) in [6.07, 6.45) is 5.90. The predicted octanol–water partition coefficient (Wildman–Crippen LogP) is 3.12. The van der Waals surface area contributed by atoms with Gasteiger partial charge in [0, 0.05) is 48.8 Å². The summed E-state index contributed by atoms with van der Waals surface area (Å²) < 4.78 is 21.2. The molecule has 0 saturated carbocycles. The molecule has 0 spiro atoms. The first-order valence-corrected chi connectivity index (χ1v) is 13.8. The van der Waals surface area contributed by atoms with Gasteiger partial charge < -0.3 is 25.8 Å². The number of benzene rings is 2. The predicted molar refractivity (Wildman–Crippen MR) is 157 cm³/mol. The van der Waals surface area contributed by atoms with Gasteiger partial charge in [-0.1, -0.05) is 0 Å². The van der Waals surface area contributed by atoms with Crippen LogP contribution >= 0.6 is 0 Å². The van der Waals surface area contributed by atoms with E-state index in [1.165, 1.54) is 13.2 Å². The van der Waals surface area contributed by atoms with E-state index < -0.39 is 17.8 Å². The molecule has 3 heterocycles. The number of hydrogen-bond donors (Lipinski definition) is 4. The van der Waals surface area contributed by atoms with Gasteiger partial charge in [0.1, 0.15) is 6.04 Å². The number of rotatable bonds is 12.